The van der Waals surface area contributed by atoms with Crippen LogP contribution in [0.15, 0.2) is 72.8 Å². The smallest absolute Gasteiger partial charge is 0.326 e. The Morgan fingerprint density at radius 1 is 1.00 bits per heavy atom. The van der Waals surface area contributed by atoms with Gasteiger partial charge in [0.05, 0.1) is 13.0 Å². The van der Waals surface area contributed by atoms with E-state index in [4.69, 9.17) is 4.74 Å². The fraction of sp³-hybridized carbons (Fsp3) is 0.292. The second-order valence-electron chi connectivity index (χ2n) is 8.17. The molecule has 154 valence electrons. The molecular formula is C24H24N2O4. The van der Waals surface area contributed by atoms with Gasteiger partial charge in [-0.05, 0) is 28.8 Å². The van der Waals surface area contributed by atoms with Crippen LogP contribution in [-0.4, -0.2) is 29.1 Å². The highest BCUT2D eigenvalue weighted by Gasteiger charge is 2.69. The summed E-state index contributed by atoms with van der Waals surface area (Å²) in [6, 6.07) is 22.0. The van der Waals surface area contributed by atoms with Crippen molar-refractivity contribution in [2.24, 2.45) is 0 Å². The standard InChI is InChI=1S/C24H24N2O4/c1-23(22(27)30-3)20(17-11-5-4-6-12-17)24(2,26(28)29)21(25-23)19-15-9-13-16-10-7-8-14-18(16)19/h4-15,20-21,25H,1-3H3/t20-,21+,23+,24+/m1/s1. The monoisotopic (exact) mass is 404 g/mol. The minimum Gasteiger partial charge on any atom is -0.468 e. The van der Waals surface area contributed by atoms with Gasteiger partial charge in [-0.25, -0.2) is 0 Å². The number of nitrogens with one attached hydrogen (secondary N) is 1. The summed E-state index contributed by atoms with van der Waals surface area (Å²) in [5.74, 6) is -1.26. The lowest BCUT2D eigenvalue weighted by Crippen LogP contribution is -2.51. The Labute approximate surface area is 175 Å². The molecule has 1 aliphatic rings. The van der Waals surface area contributed by atoms with Crippen LogP contribution in [0.2, 0.25) is 0 Å². The maximum atomic E-state index is 13.0. The summed E-state index contributed by atoms with van der Waals surface area (Å²) in [6.07, 6.45) is 0. The van der Waals surface area contributed by atoms with E-state index in [1.54, 1.807) is 13.8 Å². The maximum Gasteiger partial charge on any atom is 0.326 e. The average Bonchev–Trinajstić information content (AvgIpc) is 3.02. The van der Waals surface area contributed by atoms with E-state index in [0.717, 1.165) is 21.9 Å². The highest BCUT2D eigenvalue weighted by Crippen LogP contribution is 2.54. The van der Waals surface area contributed by atoms with E-state index in [1.165, 1.54) is 7.11 Å². The van der Waals surface area contributed by atoms with Crippen LogP contribution in [0.5, 0.6) is 0 Å². The van der Waals surface area contributed by atoms with Gasteiger partial charge in [0, 0.05) is 11.8 Å². The maximum absolute atomic E-state index is 13.0. The second-order valence-corrected chi connectivity index (χ2v) is 8.17. The molecule has 0 amide bonds. The molecule has 0 aromatic heterocycles. The van der Waals surface area contributed by atoms with Gasteiger partial charge in [0.25, 0.3) is 0 Å². The molecule has 1 aliphatic heterocycles. The predicted octanol–water partition coefficient (Wildman–Crippen LogP) is 4.24. The number of hydrogen-bond acceptors (Lipinski definition) is 5. The van der Waals surface area contributed by atoms with E-state index in [-0.39, 0.29) is 4.92 Å². The molecule has 3 aromatic carbocycles. The number of hydrogen-bond donors (Lipinski definition) is 1. The van der Waals surface area contributed by atoms with E-state index in [0.29, 0.717) is 0 Å². The highest BCUT2D eigenvalue weighted by atomic mass is 16.6. The van der Waals surface area contributed by atoms with Crippen LogP contribution in [0, 0.1) is 10.1 Å². The van der Waals surface area contributed by atoms with E-state index in [1.807, 2.05) is 72.8 Å². The van der Waals surface area contributed by atoms with Gasteiger partial charge in [0.1, 0.15) is 11.6 Å². The van der Waals surface area contributed by atoms with Gasteiger partial charge in [0.2, 0.25) is 5.54 Å². The summed E-state index contributed by atoms with van der Waals surface area (Å²) < 4.78 is 5.11. The van der Waals surface area contributed by atoms with Gasteiger partial charge in [-0.1, -0.05) is 72.8 Å². The third-order valence-corrected chi connectivity index (χ3v) is 6.46. The molecule has 3 aromatic rings. The van der Waals surface area contributed by atoms with Crippen LogP contribution in [0.4, 0.5) is 0 Å². The first-order chi connectivity index (χ1) is 14.3. The number of carbonyl (C=O) groups excluding carboxylic acids is 1. The van der Waals surface area contributed by atoms with Gasteiger partial charge in [-0.15, -0.1) is 0 Å². The third kappa shape index (κ3) is 2.79. The molecule has 0 bridgehead atoms. The topological polar surface area (TPSA) is 81.5 Å². The van der Waals surface area contributed by atoms with Crippen LogP contribution < -0.4 is 5.32 Å². The van der Waals surface area contributed by atoms with Gasteiger partial charge in [-0.3, -0.25) is 20.2 Å². The molecule has 6 heteroatoms. The third-order valence-electron chi connectivity index (χ3n) is 6.46. The molecule has 0 saturated carbocycles. The molecule has 0 aliphatic carbocycles. The molecule has 6 nitrogen and oxygen atoms in total. The Bertz CT molecular complexity index is 1110. The van der Waals surface area contributed by atoms with E-state index < -0.39 is 29.0 Å². The highest BCUT2D eigenvalue weighted by molar-refractivity contribution is 5.88. The fourth-order valence-electron chi connectivity index (χ4n) is 5.09. The lowest BCUT2D eigenvalue weighted by atomic mass is 9.70. The number of ether oxygens (including phenoxy) is 1. The zero-order valence-corrected chi connectivity index (χ0v) is 17.2. The number of rotatable bonds is 4. The number of nitrogens with zero attached hydrogens (tertiary/aromatic N) is 1. The van der Waals surface area contributed by atoms with Crippen molar-refractivity contribution in [2.45, 2.75) is 36.9 Å². The van der Waals surface area contributed by atoms with Crippen LogP contribution in [0.25, 0.3) is 10.8 Å². The summed E-state index contributed by atoms with van der Waals surface area (Å²) in [4.78, 5) is 25.4. The first-order valence-electron chi connectivity index (χ1n) is 9.87. The molecule has 30 heavy (non-hydrogen) atoms. The van der Waals surface area contributed by atoms with Gasteiger partial charge >= 0.3 is 5.97 Å². The summed E-state index contributed by atoms with van der Waals surface area (Å²) in [5, 5.41) is 17.9. The van der Waals surface area contributed by atoms with Crippen LogP contribution in [0.1, 0.15) is 36.9 Å². The minimum atomic E-state index is -1.49. The number of methoxy groups -OCH3 is 1. The van der Waals surface area contributed by atoms with E-state index >= 15 is 0 Å². The van der Waals surface area contributed by atoms with Gasteiger partial charge < -0.3 is 4.74 Å². The van der Waals surface area contributed by atoms with Crippen molar-refractivity contribution in [1.82, 2.24) is 5.32 Å². The average molecular weight is 404 g/mol. The molecule has 1 fully saturated rings. The van der Waals surface area contributed by atoms with Crippen molar-refractivity contribution in [2.75, 3.05) is 7.11 Å². The van der Waals surface area contributed by atoms with Crippen molar-refractivity contribution in [3.05, 3.63) is 94.0 Å². The summed E-state index contributed by atoms with van der Waals surface area (Å²) in [6.45, 7) is 3.32. The lowest BCUT2D eigenvalue weighted by Gasteiger charge is -2.32. The molecule has 0 spiro atoms. The fourth-order valence-corrected chi connectivity index (χ4v) is 5.09. The van der Waals surface area contributed by atoms with Crippen molar-refractivity contribution in [3.8, 4) is 0 Å². The van der Waals surface area contributed by atoms with Gasteiger partial charge in [-0.2, -0.15) is 0 Å². The molecule has 1 saturated heterocycles. The summed E-state index contributed by atoms with van der Waals surface area (Å²) in [5.41, 5.74) is -1.26. The molecule has 1 heterocycles. The van der Waals surface area contributed by atoms with Crippen LogP contribution in [0.3, 0.4) is 0 Å². The molecule has 1 N–H and O–H groups in total. The summed E-state index contributed by atoms with van der Waals surface area (Å²) >= 11 is 0. The quantitative estimate of drug-likeness (QED) is 0.400. The predicted molar refractivity (Wildman–Crippen MR) is 115 cm³/mol. The van der Waals surface area contributed by atoms with Crippen molar-refractivity contribution in [1.29, 1.82) is 0 Å². The number of fused-ring (bicyclic) bond motifs is 1. The Balaban J connectivity index is 2.00. The number of carbonyl (C=O) groups is 1. The van der Waals surface area contributed by atoms with Crippen molar-refractivity contribution in [3.63, 3.8) is 0 Å². The van der Waals surface area contributed by atoms with Crippen molar-refractivity contribution >= 4 is 16.7 Å². The SMILES string of the molecule is COC(=O)[C@@]1(C)N[C@@H](c2cccc3ccccc23)[C@@](C)([N+](=O)[O-])[C@@H]1c1ccccc1. The number of esters is 1. The Morgan fingerprint density at radius 2 is 1.63 bits per heavy atom. The first kappa shape index (κ1) is 20.0. The number of nitro groups is 1. The molecule has 0 unspecified atom stereocenters. The zero-order chi connectivity index (χ0) is 21.5. The Hall–Kier alpha value is -3.25. The Kier molecular flexibility index (Phi) is 4.82. The van der Waals surface area contributed by atoms with Gasteiger partial charge in [0.15, 0.2) is 0 Å². The van der Waals surface area contributed by atoms with E-state index in [2.05, 4.69) is 5.32 Å². The minimum absolute atomic E-state index is 0.252. The van der Waals surface area contributed by atoms with Crippen LogP contribution in [-0.2, 0) is 9.53 Å². The van der Waals surface area contributed by atoms with E-state index in [9.17, 15) is 14.9 Å². The van der Waals surface area contributed by atoms with Crippen molar-refractivity contribution < 1.29 is 14.5 Å². The summed E-state index contributed by atoms with van der Waals surface area (Å²) in [7, 11) is 1.31. The molecular weight excluding hydrogens is 380 g/mol. The normalized spacial score (nSPS) is 28.4. The second kappa shape index (κ2) is 7.22. The largest absolute Gasteiger partial charge is 0.468 e. The van der Waals surface area contributed by atoms with Crippen LogP contribution >= 0.6 is 0 Å². The molecule has 4 rings (SSSR count). The molecule has 4 atom stereocenters. The number of benzene rings is 3. The zero-order valence-electron chi connectivity index (χ0n) is 17.2. The Morgan fingerprint density at radius 3 is 2.30 bits per heavy atom. The first-order valence-corrected chi connectivity index (χ1v) is 9.87. The lowest BCUT2D eigenvalue weighted by molar-refractivity contribution is -0.571. The molecule has 0 radical (unpaired) electrons.